The fraction of sp³-hybridized carbons (Fsp3) is 0.917. The third-order valence-corrected chi connectivity index (χ3v) is 3.70. The van der Waals surface area contributed by atoms with Gasteiger partial charge in [-0.3, -0.25) is 0 Å². The van der Waals surface area contributed by atoms with E-state index in [0.29, 0.717) is 18.3 Å². The molecule has 0 spiro atoms. The summed E-state index contributed by atoms with van der Waals surface area (Å²) in [4.78, 5) is 10.3. The van der Waals surface area contributed by atoms with Gasteiger partial charge >= 0.3 is 29.6 Å². The molecule has 0 radical (unpaired) electrons. The van der Waals surface area contributed by atoms with Crippen molar-refractivity contribution in [3.05, 3.63) is 0 Å². The van der Waals surface area contributed by atoms with Crippen LogP contribution in [0.5, 0.6) is 0 Å². The summed E-state index contributed by atoms with van der Waals surface area (Å²) in [5.74, 6) is 0.290. The van der Waals surface area contributed by atoms with Gasteiger partial charge in [-0.25, -0.2) is 0 Å². The second kappa shape index (κ2) is 7.00. The number of hydrogen-bond acceptors (Lipinski definition) is 3. The second-order valence-electron chi connectivity index (χ2n) is 5.18. The van der Waals surface area contributed by atoms with Crippen molar-refractivity contribution >= 4 is 5.97 Å². The maximum atomic E-state index is 10.3. The van der Waals surface area contributed by atoms with Crippen LogP contribution in [-0.2, 0) is 4.79 Å². The zero-order valence-corrected chi connectivity index (χ0v) is 12.7. The Balaban J connectivity index is 0.00000225. The average Bonchev–Trinajstić information content (AvgIpc) is 2.16. The van der Waals surface area contributed by atoms with E-state index < -0.39 is 11.6 Å². The topological polar surface area (TPSA) is 60.4 Å². The van der Waals surface area contributed by atoms with E-state index >= 15 is 0 Å². The van der Waals surface area contributed by atoms with Crippen LogP contribution < -0.4 is 34.7 Å². The molecule has 0 aromatic rings. The molecule has 0 aromatic heterocycles. The Labute approximate surface area is 120 Å². The van der Waals surface area contributed by atoms with Crippen molar-refractivity contribution in [3.8, 4) is 0 Å². The third kappa shape index (κ3) is 5.17. The van der Waals surface area contributed by atoms with E-state index in [-0.39, 0.29) is 36.0 Å². The molecule has 0 unspecified atom stereocenters. The average molecular weight is 236 g/mol. The molecular weight excluding hydrogens is 215 g/mol. The van der Waals surface area contributed by atoms with Gasteiger partial charge < -0.3 is 15.0 Å². The van der Waals surface area contributed by atoms with E-state index in [4.69, 9.17) is 0 Å². The van der Waals surface area contributed by atoms with E-state index in [1.165, 1.54) is 0 Å². The van der Waals surface area contributed by atoms with Gasteiger partial charge in [-0.15, -0.1) is 0 Å². The van der Waals surface area contributed by atoms with Crippen LogP contribution in [0.1, 0.15) is 52.4 Å². The minimum Gasteiger partial charge on any atom is -0.550 e. The Morgan fingerprint density at radius 2 is 1.94 bits per heavy atom. The van der Waals surface area contributed by atoms with E-state index in [2.05, 4.69) is 13.8 Å². The maximum absolute atomic E-state index is 10.3. The Hall–Kier alpha value is 0.430. The first-order valence-corrected chi connectivity index (χ1v) is 5.85. The maximum Gasteiger partial charge on any atom is 1.00 e. The van der Waals surface area contributed by atoms with Gasteiger partial charge in [0.05, 0.1) is 5.60 Å². The van der Waals surface area contributed by atoms with Crippen molar-refractivity contribution in [1.29, 1.82) is 0 Å². The SMILES string of the molecule is CC(C)C1CCC(O)(CCC(=O)[O-])CC1.[Na+]. The summed E-state index contributed by atoms with van der Waals surface area (Å²) in [6.07, 6.45) is 3.83. The zero-order valence-electron chi connectivity index (χ0n) is 10.7. The van der Waals surface area contributed by atoms with Gasteiger partial charge in [-0.1, -0.05) is 13.8 Å². The van der Waals surface area contributed by atoms with Gasteiger partial charge in [0.2, 0.25) is 0 Å². The first-order valence-electron chi connectivity index (χ1n) is 5.85. The van der Waals surface area contributed by atoms with Crippen LogP contribution in [0.25, 0.3) is 0 Å². The number of rotatable bonds is 4. The normalized spacial score (nSPS) is 29.9. The molecule has 1 rings (SSSR count). The van der Waals surface area contributed by atoms with Gasteiger partial charge in [-0.2, -0.15) is 0 Å². The Kier molecular flexibility index (Phi) is 7.18. The number of carboxylic acid groups (broad SMARTS) is 1. The van der Waals surface area contributed by atoms with Gasteiger partial charge in [-0.05, 0) is 50.4 Å². The monoisotopic (exact) mass is 236 g/mol. The van der Waals surface area contributed by atoms with E-state index in [1.54, 1.807) is 0 Å². The Morgan fingerprint density at radius 1 is 1.44 bits per heavy atom. The molecule has 4 heteroatoms. The van der Waals surface area contributed by atoms with Crippen LogP contribution in [0.2, 0.25) is 0 Å². The van der Waals surface area contributed by atoms with Crippen LogP contribution >= 0.6 is 0 Å². The summed E-state index contributed by atoms with van der Waals surface area (Å²) in [5.41, 5.74) is -0.745. The molecule has 0 aliphatic heterocycles. The van der Waals surface area contributed by atoms with E-state index in [1.807, 2.05) is 0 Å². The number of carbonyl (C=O) groups excluding carboxylic acids is 1. The standard InChI is InChI=1S/C12H22O3.Na/c1-9(2)10-3-6-12(15,7-4-10)8-5-11(13)14;/h9-10,15H,3-8H2,1-2H3,(H,13,14);/q;+1/p-1. The number of aliphatic carboxylic acids is 1. The summed E-state index contributed by atoms with van der Waals surface area (Å²) in [6, 6.07) is 0. The fourth-order valence-electron chi connectivity index (χ4n) is 2.43. The molecule has 0 atom stereocenters. The van der Waals surface area contributed by atoms with Crippen LogP contribution in [0.3, 0.4) is 0 Å². The van der Waals surface area contributed by atoms with Crippen molar-refractivity contribution in [2.24, 2.45) is 11.8 Å². The molecule has 1 aliphatic carbocycles. The molecule has 88 valence electrons. The van der Waals surface area contributed by atoms with Crippen molar-refractivity contribution in [2.75, 3.05) is 0 Å². The first-order chi connectivity index (χ1) is 6.93. The van der Waals surface area contributed by atoms with Crippen LogP contribution in [0, 0.1) is 11.8 Å². The molecule has 0 aromatic carbocycles. The Bertz CT molecular complexity index is 220. The molecule has 1 N–H and O–H groups in total. The predicted octanol–water partition coefficient (Wildman–Crippen LogP) is -1.90. The van der Waals surface area contributed by atoms with Gasteiger partial charge in [0.15, 0.2) is 0 Å². The molecule has 3 nitrogen and oxygen atoms in total. The van der Waals surface area contributed by atoms with Crippen LogP contribution in [0.4, 0.5) is 0 Å². The largest absolute Gasteiger partial charge is 1.00 e. The molecule has 16 heavy (non-hydrogen) atoms. The summed E-state index contributed by atoms with van der Waals surface area (Å²) in [6.45, 7) is 4.41. The zero-order chi connectivity index (χ0) is 11.5. The van der Waals surface area contributed by atoms with Crippen LogP contribution in [-0.4, -0.2) is 16.7 Å². The van der Waals surface area contributed by atoms with Gasteiger partial charge in [0.1, 0.15) is 0 Å². The summed E-state index contributed by atoms with van der Waals surface area (Å²) in [5, 5.41) is 20.5. The molecule has 1 saturated carbocycles. The molecule has 1 aliphatic rings. The van der Waals surface area contributed by atoms with Gasteiger partial charge in [0, 0.05) is 5.97 Å². The van der Waals surface area contributed by atoms with Crippen LogP contribution in [0.15, 0.2) is 0 Å². The quantitative estimate of drug-likeness (QED) is 0.580. The number of hydrogen-bond donors (Lipinski definition) is 1. The summed E-state index contributed by atoms with van der Waals surface area (Å²) < 4.78 is 0. The third-order valence-electron chi connectivity index (χ3n) is 3.70. The smallest absolute Gasteiger partial charge is 0.550 e. The van der Waals surface area contributed by atoms with E-state index in [9.17, 15) is 15.0 Å². The van der Waals surface area contributed by atoms with Gasteiger partial charge in [0.25, 0.3) is 0 Å². The Morgan fingerprint density at radius 3 is 2.31 bits per heavy atom. The predicted molar refractivity (Wildman–Crippen MR) is 56.0 cm³/mol. The molecule has 0 saturated heterocycles. The number of carboxylic acids is 1. The van der Waals surface area contributed by atoms with Crippen molar-refractivity contribution in [2.45, 2.75) is 58.0 Å². The molecule has 0 amide bonds. The number of aliphatic hydroxyl groups is 1. The minimum absolute atomic E-state index is 0. The second-order valence-corrected chi connectivity index (χ2v) is 5.18. The van der Waals surface area contributed by atoms with Crippen molar-refractivity contribution in [3.63, 3.8) is 0 Å². The molecule has 1 fully saturated rings. The first kappa shape index (κ1) is 16.4. The van der Waals surface area contributed by atoms with Crippen molar-refractivity contribution in [1.82, 2.24) is 0 Å². The minimum atomic E-state index is -1.06. The summed E-state index contributed by atoms with van der Waals surface area (Å²) >= 11 is 0. The fourth-order valence-corrected chi connectivity index (χ4v) is 2.43. The van der Waals surface area contributed by atoms with E-state index in [0.717, 1.165) is 25.7 Å². The molecule has 0 bridgehead atoms. The molecular formula is C12H21NaO3. The van der Waals surface area contributed by atoms with Crippen molar-refractivity contribution < 1.29 is 44.6 Å². The molecule has 0 heterocycles. The summed E-state index contributed by atoms with van der Waals surface area (Å²) in [7, 11) is 0. The number of carbonyl (C=O) groups is 1.